The first-order valence-corrected chi connectivity index (χ1v) is 10.5. The van der Waals surface area contributed by atoms with E-state index in [-0.39, 0.29) is 17.1 Å². The number of aromatic nitrogens is 2. The molecule has 1 fully saturated rings. The number of hydrogen-bond acceptors (Lipinski definition) is 7. The van der Waals surface area contributed by atoms with Crippen molar-refractivity contribution in [1.82, 2.24) is 14.7 Å². The Morgan fingerprint density at radius 3 is 2.39 bits per heavy atom. The topological polar surface area (TPSA) is 114 Å². The Bertz CT molecular complexity index is 1250. The van der Waals surface area contributed by atoms with Gasteiger partial charge in [0, 0.05) is 55.4 Å². The van der Waals surface area contributed by atoms with Gasteiger partial charge in [-0.15, -0.1) is 0 Å². The molecule has 10 nitrogen and oxygen atoms in total. The van der Waals surface area contributed by atoms with E-state index in [0.29, 0.717) is 11.4 Å². The number of rotatable bonds is 5. The largest absolute Gasteiger partial charge is 0.369 e. The fourth-order valence-corrected chi connectivity index (χ4v) is 3.76. The molecule has 1 amide bonds. The van der Waals surface area contributed by atoms with Crippen molar-refractivity contribution in [3.05, 3.63) is 86.3 Å². The van der Waals surface area contributed by atoms with E-state index in [0.717, 1.165) is 31.9 Å². The number of para-hydroxylation sites is 2. The fourth-order valence-electron chi connectivity index (χ4n) is 3.76. The van der Waals surface area contributed by atoms with Crippen LogP contribution in [-0.4, -0.2) is 58.7 Å². The molecule has 0 unspecified atom stereocenters. The lowest BCUT2D eigenvalue weighted by atomic mass is 10.2. The average Bonchev–Trinajstić information content (AvgIpc) is 2.80. The number of carbonyl (C=O) groups excluding carboxylic acids is 1. The minimum absolute atomic E-state index is 0.172. The lowest BCUT2D eigenvalue weighted by Gasteiger charge is -2.34. The quantitative estimate of drug-likeness (QED) is 0.471. The summed E-state index contributed by atoms with van der Waals surface area (Å²) in [5.41, 5.74) is 1.05. The molecule has 2 aromatic carbocycles. The molecule has 0 radical (unpaired) electrons. The standard InChI is InChI=1S/C23H24N6O4/c1-16-15-21(30)22(25-28(16)19-5-3-4-6-20(19)29(32)33)23(31)24-17-7-9-18(10-8-17)27-13-11-26(2)12-14-27/h3-10,15H,11-14H2,1-2H3,(H,24,31). The number of nitrogens with one attached hydrogen (secondary N) is 1. The molecular formula is C23H24N6O4. The summed E-state index contributed by atoms with van der Waals surface area (Å²) in [6, 6.07) is 14.7. The van der Waals surface area contributed by atoms with E-state index < -0.39 is 16.3 Å². The van der Waals surface area contributed by atoms with Crippen LogP contribution in [0.4, 0.5) is 17.1 Å². The van der Waals surface area contributed by atoms with Crippen LogP contribution in [-0.2, 0) is 0 Å². The highest BCUT2D eigenvalue weighted by Gasteiger charge is 2.20. The molecule has 0 atom stereocenters. The number of aryl methyl sites for hydroxylation is 1. The number of carbonyl (C=O) groups is 1. The van der Waals surface area contributed by atoms with Gasteiger partial charge in [0.2, 0.25) is 5.43 Å². The number of nitro groups is 1. The van der Waals surface area contributed by atoms with Gasteiger partial charge in [0.25, 0.3) is 11.6 Å². The van der Waals surface area contributed by atoms with Crippen LogP contribution in [0.5, 0.6) is 0 Å². The van der Waals surface area contributed by atoms with Crippen LogP contribution in [0.15, 0.2) is 59.4 Å². The molecule has 33 heavy (non-hydrogen) atoms. The first kappa shape index (κ1) is 22.2. The molecule has 1 saturated heterocycles. The summed E-state index contributed by atoms with van der Waals surface area (Å²) in [5.74, 6) is -0.681. The van der Waals surface area contributed by atoms with Gasteiger partial charge in [-0.3, -0.25) is 19.7 Å². The van der Waals surface area contributed by atoms with E-state index in [9.17, 15) is 19.7 Å². The summed E-state index contributed by atoms with van der Waals surface area (Å²) in [6.45, 7) is 5.44. The summed E-state index contributed by atoms with van der Waals surface area (Å²) < 4.78 is 1.24. The van der Waals surface area contributed by atoms with E-state index >= 15 is 0 Å². The van der Waals surface area contributed by atoms with Crippen LogP contribution < -0.4 is 15.6 Å². The molecule has 10 heteroatoms. The van der Waals surface area contributed by atoms with Gasteiger partial charge in [0.1, 0.15) is 5.69 Å². The summed E-state index contributed by atoms with van der Waals surface area (Å²) >= 11 is 0. The Balaban J connectivity index is 1.57. The fraction of sp³-hybridized carbons (Fsp3) is 0.261. The number of piperazine rings is 1. The molecule has 4 rings (SSSR count). The Labute approximate surface area is 190 Å². The van der Waals surface area contributed by atoms with E-state index in [1.807, 2.05) is 12.1 Å². The van der Waals surface area contributed by atoms with Gasteiger partial charge in [-0.2, -0.15) is 5.10 Å². The highest BCUT2D eigenvalue weighted by molar-refractivity contribution is 6.02. The van der Waals surface area contributed by atoms with Crippen LogP contribution in [0.1, 0.15) is 16.2 Å². The molecule has 1 aliphatic rings. The van der Waals surface area contributed by atoms with Gasteiger partial charge in [-0.1, -0.05) is 12.1 Å². The molecule has 170 valence electrons. The molecule has 0 spiro atoms. The Kier molecular flexibility index (Phi) is 6.18. The Morgan fingerprint density at radius 1 is 1.06 bits per heavy atom. The first-order chi connectivity index (χ1) is 15.8. The smallest absolute Gasteiger partial charge is 0.294 e. The van der Waals surface area contributed by atoms with Gasteiger partial charge < -0.3 is 15.1 Å². The zero-order valence-corrected chi connectivity index (χ0v) is 18.4. The van der Waals surface area contributed by atoms with Crippen molar-refractivity contribution in [2.45, 2.75) is 6.92 Å². The van der Waals surface area contributed by atoms with Gasteiger partial charge in [0.15, 0.2) is 5.69 Å². The molecule has 1 aliphatic heterocycles. The zero-order valence-electron chi connectivity index (χ0n) is 18.4. The molecule has 2 heterocycles. The van der Waals surface area contributed by atoms with Crippen LogP contribution in [0.2, 0.25) is 0 Å². The number of nitro benzene ring substituents is 1. The summed E-state index contributed by atoms with van der Waals surface area (Å²) in [6.07, 6.45) is 0. The summed E-state index contributed by atoms with van der Waals surface area (Å²) in [4.78, 5) is 40.7. The van der Waals surface area contributed by atoms with Crippen molar-refractivity contribution in [1.29, 1.82) is 0 Å². The maximum Gasteiger partial charge on any atom is 0.294 e. The SMILES string of the molecule is Cc1cc(=O)c(C(=O)Nc2ccc(N3CCN(C)CC3)cc2)nn1-c1ccccc1[N+](=O)[O-]. The number of likely N-dealkylation sites (N-methyl/N-ethyl adjacent to an activating group) is 1. The minimum Gasteiger partial charge on any atom is -0.369 e. The zero-order chi connectivity index (χ0) is 23.5. The van der Waals surface area contributed by atoms with E-state index in [2.05, 4.69) is 27.3 Å². The van der Waals surface area contributed by atoms with E-state index in [1.54, 1.807) is 31.2 Å². The summed E-state index contributed by atoms with van der Waals surface area (Å²) in [7, 11) is 2.10. The third kappa shape index (κ3) is 4.75. The van der Waals surface area contributed by atoms with Crippen molar-refractivity contribution in [3.8, 4) is 5.69 Å². The second kappa shape index (κ2) is 9.21. The van der Waals surface area contributed by atoms with Gasteiger partial charge in [0.05, 0.1) is 4.92 Å². The minimum atomic E-state index is -0.681. The predicted molar refractivity (Wildman–Crippen MR) is 125 cm³/mol. The van der Waals surface area contributed by atoms with Crippen molar-refractivity contribution in [2.24, 2.45) is 0 Å². The molecule has 3 aromatic rings. The second-order valence-corrected chi connectivity index (χ2v) is 7.95. The molecule has 1 N–H and O–H groups in total. The Morgan fingerprint density at radius 2 is 1.73 bits per heavy atom. The first-order valence-electron chi connectivity index (χ1n) is 10.5. The maximum atomic E-state index is 12.8. The lowest BCUT2D eigenvalue weighted by Crippen LogP contribution is -2.44. The van der Waals surface area contributed by atoms with Crippen LogP contribution in [0.25, 0.3) is 5.69 Å². The summed E-state index contributed by atoms with van der Waals surface area (Å²) in [5, 5.41) is 18.3. The van der Waals surface area contributed by atoms with Crippen molar-refractivity contribution in [3.63, 3.8) is 0 Å². The molecule has 1 aromatic heterocycles. The number of hydrogen-bond donors (Lipinski definition) is 1. The maximum absolute atomic E-state index is 12.8. The number of amides is 1. The van der Waals surface area contributed by atoms with Crippen LogP contribution in [0.3, 0.4) is 0 Å². The monoisotopic (exact) mass is 448 g/mol. The average molecular weight is 448 g/mol. The third-order valence-corrected chi connectivity index (χ3v) is 5.62. The van der Waals surface area contributed by atoms with E-state index in [4.69, 9.17) is 0 Å². The predicted octanol–water partition coefficient (Wildman–Crippen LogP) is 2.45. The molecule has 0 saturated carbocycles. The normalized spacial score (nSPS) is 14.2. The van der Waals surface area contributed by atoms with Crippen molar-refractivity contribution in [2.75, 3.05) is 43.4 Å². The molecule has 0 bridgehead atoms. The highest BCUT2D eigenvalue weighted by Crippen LogP contribution is 2.23. The molecule has 0 aliphatic carbocycles. The number of benzene rings is 2. The van der Waals surface area contributed by atoms with Crippen molar-refractivity contribution < 1.29 is 9.72 Å². The van der Waals surface area contributed by atoms with E-state index in [1.165, 1.54) is 22.9 Å². The van der Waals surface area contributed by atoms with Gasteiger partial charge in [-0.05, 0) is 44.3 Å². The van der Waals surface area contributed by atoms with Crippen LogP contribution in [0, 0.1) is 17.0 Å². The molecular weight excluding hydrogens is 424 g/mol. The second-order valence-electron chi connectivity index (χ2n) is 7.95. The lowest BCUT2D eigenvalue weighted by molar-refractivity contribution is -0.384. The van der Waals surface area contributed by atoms with Crippen molar-refractivity contribution >= 4 is 23.0 Å². The number of anilines is 2. The third-order valence-electron chi connectivity index (χ3n) is 5.62. The highest BCUT2D eigenvalue weighted by atomic mass is 16.6. The van der Waals surface area contributed by atoms with Gasteiger partial charge in [-0.25, -0.2) is 4.68 Å². The Hall–Kier alpha value is -4.05. The van der Waals surface area contributed by atoms with Gasteiger partial charge >= 0.3 is 0 Å². The number of nitrogens with zero attached hydrogens (tertiary/aromatic N) is 5. The van der Waals surface area contributed by atoms with Crippen LogP contribution >= 0.6 is 0 Å².